The Morgan fingerprint density at radius 2 is 1.79 bits per heavy atom. The molecule has 1 heterocycles. The Hall–Kier alpha value is -3.67. The van der Waals surface area contributed by atoms with Gasteiger partial charge in [0.25, 0.3) is 11.8 Å². The zero-order valence-electron chi connectivity index (χ0n) is 15.7. The Morgan fingerprint density at radius 1 is 1.00 bits per heavy atom. The number of ether oxygens (including phenoxy) is 1. The van der Waals surface area contributed by atoms with Crippen molar-refractivity contribution in [3.63, 3.8) is 0 Å². The predicted molar refractivity (Wildman–Crippen MR) is 108 cm³/mol. The summed E-state index contributed by atoms with van der Waals surface area (Å²) in [4.78, 5) is 28.8. The molecule has 6 nitrogen and oxygen atoms in total. The van der Waals surface area contributed by atoms with E-state index in [-0.39, 0.29) is 17.7 Å². The summed E-state index contributed by atoms with van der Waals surface area (Å²) in [6.07, 6.45) is 1.57. The summed E-state index contributed by atoms with van der Waals surface area (Å²) < 4.78 is 5.11. The van der Waals surface area contributed by atoms with Crippen LogP contribution in [-0.4, -0.2) is 23.9 Å². The molecule has 0 bridgehead atoms. The standard InChI is InChI=1S/C22H21N3O3/c1-15-8-10-17(11-9-15)20(26)25-18-6-3-5-16(13-18)14-24-21(27)19-7-4-12-23-22(19)28-2/h3-13H,14H2,1-2H3,(H,24,27)(H,25,26). The molecule has 0 atom stereocenters. The monoisotopic (exact) mass is 375 g/mol. The van der Waals surface area contributed by atoms with Crippen LogP contribution in [0.15, 0.2) is 66.9 Å². The summed E-state index contributed by atoms with van der Waals surface area (Å²) in [6.45, 7) is 2.28. The lowest BCUT2D eigenvalue weighted by atomic mass is 10.1. The maximum Gasteiger partial charge on any atom is 0.257 e. The fourth-order valence-electron chi connectivity index (χ4n) is 2.67. The first-order valence-electron chi connectivity index (χ1n) is 8.81. The maximum atomic E-state index is 12.4. The first kappa shape index (κ1) is 19.1. The first-order valence-corrected chi connectivity index (χ1v) is 8.81. The molecule has 0 saturated carbocycles. The van der Waals surface area contributed by atoms with E-state index in [4.69, 9.17) is 4.74 Å². The zero-order valence-corrected chi connectivity index (χ0v) is 15.7. The van der Waals surface area contributed by atoms with E-state index in [1.807, 2.05) is 43.3 Å². The summed E-state index contributed by atoms with van der Waals surface area (Å²) in [6, 6.07) is 18.0. The van der Waals surface area contributed by atoms with Gasteiger partial charge in [0.1, 0.15) is 5.56 Å². The average Bonchev–Trinajstić information content (AvgIpc) is 2.72. The molecule has 2 amide bonds. The van der Waals surface area contributed by atoms with Crippen molar-refractivity contribution in [1.82, 2.24) is 10.3 Å². The lowest BCUT2D eigenvalue weighted by Gasteiger charge is -2.10. The first-order chi connectivity index (χ1) is 13.6. The number of rotatable bonds is 6. The number of amides is 2. The molecule has 0 aliphatic rings. The zero-order chi connectivity index (χ0) is 19.9. The Morgan fingerprint density at radius 3 is 2.54 bits per heavy atom. The predicted octanol–water partition coefficient (Wildman–Crippen LogP) is 3.58. The number of nitrogens with one attached hydrogen (secondary N) is 2. The average molecular weight is 375 g/mol. The highest BCUT2D eigenvalue weighted by atomic mass is 16.5. The molecule has 1 aromatic heterocycles. The molecule has 3 rings (SSSR count). The minimum Gasteiger partial charge on any atom is -0.480 e. The largest absolute Gasteiger partial charge is 0.480 e. The second-order valence-electron chi connectivity index (χ2n) is 6.26. The van der Waals surface area contributed by atoms with Crippen LogP contribution in [0.3, 0.4) is 0 Å². The van der Waals surface area contributed by atoms with Gasteiger partial charge in [-0.3, -0.25) is 9.59 Å². The van der Waals surface area contributed by atoms with Crippen molar-refractivity contribution in [3.8, 4) is 5.88 Å². The highest BCUT2D eigenvalue weighted by molar-refractivity contribution is 6.04. The number of carbonyl (C=O) groups is 2. The third-order valence-corrected chi connectivity index (χ3v) is 4.16. The van der Waals surface area contributed by atoms with E-state index < -0.39 is 0 Å². The van der Waals surface area contributed by atoms with Gasteiger partial charge in [-0.2, -0.15) is 0 Å². The Kier molecular flexibility index (Phi) is 6.01. The van der Waals surface area contributed by atoms with Crippen LogP contribution >= 0.6 is 0 Å². The Labute approximate surface area is 163 Å². The van der Waals surface area contributed by atoms with Crippen LogP contribution in [0, 0.1) is 6.92 Å². The fourth-order valence-corrected chi connectivity index (χ4v) is 2.67. The van der Waals surface area contributed by atoms with E-state index in [1.54, 1.807) is 30.5 Å². The molecule has 0 spiro atoms. The molecule has 0 unspecified atom stereocenters. The van der Waals surface area contributed by atoms with E-state index in [1.165, 1.54) is 7.11 Å². The van der Waals surface area contributed by atoms with Crippen LogP contribution in [0.4, 0.5) is 5.69 Å². The number of hydrogen-bond acceptors (Lipinski definition) is 4. The molecule has 0 saturated heterocycles. The van der Waals surface area contributed by atoms with E-state index in [0.29, 0.717) is 23.4 Å². The molecular formula is C22H21N3O3. The number of methoxy groups -OCH3 is 1. The molecule has 142 valence electrons. The van der Waals surface area contributed by atoms with E-state index in [9.17, 15) is 9.59 Å². The Bertz CT molecular complexity index is 984. The van der Waals surface area contributed by atoms with Crippen LogP contribution in [0.25, 0.3) is 0 Å². The summed E-state index contributed by atoms with van der Waals surface area (Å²) in [5.74, 6) is -0.181. The molecule has 2 N–H and O–H groups in total. The topological polar surface area (TPSA) is 80.3 Å². The molecule has 0 aliphatic carbocycles. The second kappa shape index (κ2) is 8.81. The van der Waals surface area contributed by atoms with Gasteiger partial charge in [-0.25, -0.2) is 4.98 Å². The number of hydrogen-bond donors (Lipinski definition) is 2. The van der Waals surface area contributed by atoms with E-state index in [0.717, 1.165) is 11.1 Å². The Balaban J connectivity index is 1.64. The normalized spacial score (nSPS) is 10.2. The summed E-state index contributed by atoms with van der Waals surface area (Å²) in [5, 5.41) is 5.71. The van der Waals surface area contributed by atoms with Gasteiger partial charge in [-0.15, -0.1) is 0 Å². The van der Waals surface area contributed by atoms with Crippen LogP contribution in [-0.2, 0) is 6.54 Å². The minimum absolute atomic E-state index is 0.179. The van der Waals surface area contributed by atoms with Gasteiger partial charge in [-0.05, 0) is 48.9 Å². The molecule has 0 radical (unpaired) electrons. The number of pyridine rings is 1. The number of carbonyl (C=O) groups excluding carboxylic acids is 2. The SMILES string of the molecule is COc1ncccc1C(=O)NCc1cccc(NC(=O)c2ccc(C)cc2)c1. The molecular weight excluding hydrogens is 354 g/mol. The smallest absolute Gasteiger partial charge is 0.257 e. The van der Waals surface area contributed by atoms with Crippen molar-refractivity contribution in [1.29, 1.82) is 0 Å². The van der Waals surface area contributed by atoms with E-state index >= 15 is 0 Å². The second-order valence-corrected chi connectivity index (χ2v) is 6.26. The van der Waals surface area contributed by atoms with Gasteiger partial charge >= 0.3 is 0 Å². The molecule has 28 heavy (non-hydrogen) atoms. The van der Waals surface area contributed by atoms with Crippen LogP contribution in [0.1, 0.15) is 31.8 Å². The third kappa shape index (κ3) is 4.73. The van der Waals surface area contributed by atoms with Gasteiger partial charge in [0, 0.05) is 24.0 Å². The highest BCUT2D eigenvalue weighted by Crippen LogP contribution is 2.15. The summed E-state index contributed by atoms with van der Waals surface area (Å²) >= 11 is 0. The number of aromatic nitrogens is 1. The van der Waals surface area contributed by atoms with Gasteiger partial charge in [0.15, 0.2) is 0 Å². The van der Waals surface area contributed by atoms with E-state index in [2.05, 4.69) is 15.6 Å². The van der Waals surface area contributed by atoms with Crippen molar-refractivity contribution < 1.29 is 14.3 Å². The number of nitrogens with zero attached hydrogens (tertiary/aromatic N) is 1. The lowest BCUT2D eigenvalue weighted by Crippen LogP contribution is -2.23. The van der Waals surface area contributed by atoms with Crippen molar-refractivity contribution in [2.24, 2.45) is 0 Å². The van der Waals surface area contributed by atoms with Gasteiger partial charge < -0.3 is 15.4 Å². The molecule has 0 fully saturated rings. The van der Waals surface area contributed by atoms with Crippen LogP contribution < -0.4 is 15.4 Å². The number of benzene rings is 2. The quantitative estimate of drug-likeness (QED) is 0.690. The maximum absolute atomic E-state index is 12.4. The molecule has 2 aromatic carbocycles. The van der Waals surface area contributed by atoms with Gasteiger partial charge in [0.2, 0.25) is 5.88 Å². The van der Waals surface area contributed by atoms with Crippen molar-refractivity contribution in [2.75, 3.05) is 12.4 Å². The van der Waals surface area contributed by atoms with Gasteiger partial charge in [-0.1, -0.05) is 29.8 Å². The minimum atomic E-state index is -0.279. The van der Waals surface area contributed by atoms with Crippen molar-refractivity contribution in [3.05, 3.63) is 89.1 Å². The molecule has 0 aliphatic heterocycles. The summed E-state index contributed by atoms with van der Waals surface area (Å²) in [5.41, 5.74) is 3.58. The fraction of sp³-hybridized carbons (Fsp3) is 0.136. The number of aryl methyl sites for hydroxylation is 1. The van der Waals surface area contributed by atoms with Crippen molar-refractivity contribution in [2.45, 2.75) is 13.5 Å². The number of anilines is 1. The highest BCUT2D eigenvalue weighted by Gasteiger charge is 2.12. The molecule has 3 aromatic rings. The van der Waals surface area contributed by atoms with Crippen molar-refractivity contribution >= 4 is 17.5 Å². The summed E-state index contributed by atoms with van der Waals surface area (Å²) in [7, 11) is 1.47. The third-order valence-electron chi connectivity index (χ3n) is 4.16. The van der Waals surface area contributed by atoms with Crippen LogP contribution in [0.5, 0.6) is 5.88 Å². The van der Waals surface area contributed by atoms with Crippen LogP contribution in [0.2, 0.25) is 0 Å². The lowest BCUT2D eigenvalue weighted by molar-refractivity contribution is 0.0946. The molecule has 6 heteroatoms. The van der Waals surface area contributed by atoms with Gasteiger partial charge in [0.05, 0.1) is 7.11 Å².